The monoisotopic (exact) mass is 350 g/mol. The number of ether oxygens (including phenoxy) is 2. The van der Waals surface area contributed by atoms with Crippen molar-refractivity contribution in [3.63, 3.8) is 0 Å². The van der Waals surface area contributed by atoms with Gasteiger partial charge in [0.2, 0.25) is 0 Å². The molecule has 1 saturated carbocycles. The molecule has 3 rings (SSSR count). The van der Waals surface area contributed by atoms with Gasteiger partial charge in [-0.3, -0.25) is 9.59 Å². The number of carbonyl (C=O) groups is 2. The highest BCUT2D eigenvalue weighted by molar-refractivity contribution is 6.47. The second kappa shape index (κ2) is 5.84. The lowest BCUT2D eigenvalue weighted by Gasteiger charge is -2.32. The minimum Gasteiger partial charge on any atom is -0.468 e. The largest absolute Gasteiger partial charge is 0.468 e. The number of esters is 2. The highest BCUT2D eigenvalue weighted by Crippen LogP contribution is 2.58. The Morgan fingerprint density at radius 1 is 1.00 bits per heavy atom. The first-order valence-corrected chi connectivity index (χ1v) is 8.82. The smallest absolute Gasteiger partial charge is 0.461 e. The summed E-state index contributed by atoms with van der Waals surface area (Å²) < 4.78 is 22.3. The van der Waals surface area contributed by atoms with Gasteiger partial charge in [-0.1, -0.05) is 18.6 Å². The zero-order chi connectivity index (χ0) is 18.6. The van der Waals surface area contributed by atoms with Gasteiger partial charge in [-0.15, -0.1) is 0 Å². The maximum atomic E-state index is 12.5. The fraction of sp³-hybridized carbons (Fsp3) is 0.778. The molecule has 3 aliphatic rings. The Morgan fingerprint density at radius 2 is 1.52 bits per heavy atom. The summed E-state index contributed by atoms with van der Waals surface area (Å²) in [5.41, 5.74) is -2.16. The molecule has 0 aromatic heterocycles. The van der Waals surface area contributed by atoms with Crippen molar-refractivity contribution in [1.82, 2.24) is 0 Å². The van der Waals surface area contributed by atoms with E-state index >= 15 is 0 Å². The molecular weight excluding hydrogens is 323 g/mol. The number of allylic oxidation sites excluding steroid dienone is 1. The highest BCUT2D eigenvalue weighted by Gasteiger charge is 2.64. The van der Waals surface area contributed by atoms with E-state index < -0.39 is 28.6 Å². The molecule has 2 fully saturated rings. The minimum atomic E-state index is -1.35. The zero-order valence-electron chi connectivity index (χ0n) is 15.8. The average Bonchev–Trinajstić information content (AvgIpc) is 3.17. The Bertz CT molecular complexity index is 579. The third-order valence-electron chi connectivity index (χ3n) is 6.60. The van der Waals surface area contributed by atoms with E-state index in [4.69, 9.17) is 18.8 Å². The van der Waals surface area contributed by atoms with Crippen LogP contribution in [0.3, 0.4) is 0 Å². The van der Waals surface area contributed by atoms with Gasteiger partial charge < -0.3 is 18.8 Å². The topological polar surface area (TPSA) is 71.1 Å². The molecule has 0 unspecified atom stereocenters. The second-order valence-corrected chi connectivity index (χ2v) is 8.26. The first-order valence-electron chi connectivity index (χ1n) is 8.82. The van der Waals surface area contributed by atoms with Crippen molar-refractivity contribution in [2.24, 2.45) is 17.3 Å². The molecule has 3 atom stereocenters. The molecule has 25 heavy (non-hydrogen) atoms. The van der Waals surface area contributed by atoms with Crippen molar-refractivity contribution >= 4 is 19.1 Å². The van der Waals surface area contributed by atoms with Crippen LogP contribution in [0.25, 0.3) is 0 Å². The van der Waals surface area contributed by atoms with E-state index in [0.717, 1.165) is 12.8 Å². The molecule has 0 spiro atoms. The minimum absolute atomic E-state index is 0.0212. The summed E-state index contributed by atoms with van der Waals surface area (Å²) in [6.45, 7) is 8.10. The molecule has 138 valence electrons. The lowest BCUT2D eigenvalue weighted by Crippen LogP contribution is -2.44. The van der Waals surface area contributed by atoms with Crippen molar-refractivity contribution in [3.8, 4) is 0 Å². The van der Waals surface area contributed by atoms with Crippen LogP contribution in [0.15, 0.2) is 12.2 Å². The van der Waals surface area contributed by atoms with Gasteiger partial charge >= 0.3 is 19.1 Å². The molecule has 0 N–H and O–H groups in total. The maximum absolute atomic E-state index is 12.5. The van der Waals surface area contributed by atoms with Gasteiger partial charge in [-0.05, 0) is 46.0 Å². The lowest BCUT2D eigenvalue weighted by atomic mass is 9.64. The van der Waals surface area contributed by atoms with Gasteiger partial charge in [0, 0.05) is 5.82 Å². The second-order valence-electron chi connectivity index (χ2n) is 8.26. The third-order valence-corrected chi connectivity index (χ3v) is 6.60. The van der Waals surface area contributed by atoms with Gasteiger partial charge in [-0.2, -0.15) is 0 Å². The van der Waals surface area contributed by atoms with Gasteiger partial charge in [0.05, 0.1) is 25.4 Å². The van der Waals surface area contributed by atoms with Crippen LogP contribution in [0, 0.1) is 17.3 Å². The van der Waals surface area contributed by atoms with Crippen molar-refractivity contribution < 1.29 is 28.4 Å². The van der Waals surface area contributed by atoms with E-state index in [1.807, 2.05) is 33.8 Å². The van der Waals surface area contributed by atoms with Crippen LogP contribution in [-0.4, -0.2) is 44.5 Å². The average molecular weight is 350 g/mol. The fourth-order valence-electron chi connectivity index (χ4n) is 4.49. The molecule has 1 aliphatic heterocycles. The molecule has 7 heteroatoms. The molecule has 0 aromatic carbocycles. The molecule has 0 radical (unpaired) electrons. The van der Waals surface area contributed by atoms with Gasteiger partial charge in [0.25, 0.3) is 0 Å². The molecule has 0 aromatic rings. The summed E-state index contributed by atoms with van der Waals surface area (Å²) in [7, 11) is 2.25. The molecule has 0 bridgehead atoms. The van der Waals surface area contributed by atoms with Crippen LogP contribution in [0.5, 0.6) is 0 Å². The van der Waals surface area contributed by atoms with Crippen LogP contribution in [0.2, 0.25) is 5.82 Å². The van der Waals surface area contributed by atoms with Crippen molar-refractivity contribution in [2.75, 3.05) is 14.2 Å². The third kappa shape index (κ3) is 2.46. The summed E-state index contributed by atoms with van der Waals surface area (Å²) in [6, 6.07) is 0. The van der Waals surface area contributed by atoms with Gasteiger partial charge in [0.15, 0.2) is 5.41 Å². The van der Waals surface area contributed by atoms with E-state index in [0.29, 0.717) is 0 Å². The standard InChI is InChI=1S/C18H27BO6/c1-16(2)17(3,4)25-19(24-16)13-8-7-12-11(13)9-10-18(12,14(20)22-5)15(21)23-6/h9-13H,7-8H2,1-6H3/t11-,12-,13+/m1/s1. The van der Waals surface area contributed by atoms with Crippen molar-refractivity contribution in [1.29, 1.82) is 0 Å². The number of hydrogen-bond donors (Lipinski definition) is 0. The van der Waals surface area contributed by atoms with Gasteiger partial charge in [0.1, 0.15) is 0 Å². The lowest BCUT2D eigenvalue weighted by molar-refractivity contribution is -0.168. The molecule has 6 nitrogen and oxygen atoms in total. The van der Waals surface area contributed by atoms with E-state index in [2.05, 4.69) is 0 Å². The quantitative estimate of drug-likeness (QED) is 0.337. The van der Waals surface area contributed by atoms with Gasteiger partial charge in [-0.25, -0.2) is 0 Å². The fourth-order valence-corrected chi connectivity index (χ4v) is 4.49. The Labute approximate surface area is 149 Å². The first-order chi connectivity index (χ1) is 11.6. The summed E-state index contributed by atoms with van der Waals surface area (Å²) in [5, 5.41) is 0. The predicted octanol–water partition coefficient (Wildman–Crippen LogP) is 2.38. The molecular formula is C18H27BO6. The maximum Gasteiger partial charge on any atom is 0.461 e. The molecule has 0 amide bonds. The summed E-state index contributed by atoms with van der Waals surface area (Å²) in [4.78, 5) is 25.0. The van der Waals surface area contributed by atoms with Crippen LogP contribution in [0.4, 0.5) is 0 Å². The summed E-state index contributed by atoms with van der Waals surface area (Å²) in [5.74, 6) is -1.18. The highest BCUT2D eigenvalue weighted by atomic mass is 16.7. The van der Waals surface area contributed by atoms with E-state index in [9.17, 15) is 9.59 Å². The summed E-state index contributed by atoms with van der Waals surface area (Å²) in [6.07, 6.45) is 5.15. The van der Waals surface area contributed by atoms with Crippen LogP contribution >= 0.6 is 0 Å². The van der Waals surface area contributed by atoms with E-state index in [-0.39, 0.29) is 24.8 Å². The SMILES string of the molecule is COC(=O)C1(C(=O)OC)C=C[C@H]2[C@@H](B3OC(C)(C)C(C)(C)O3)CC[C@H]21. The number of carbonyl (C=O) groups excluding carboxylic acids is 2. The first kappa shape index (κ1) is 18.5. The number of rotatable bonds is 3. The Hall–Kier alpha value is -1.34. The van der Waals surface area contributed by atoms with E-state index in [1.165, 1.54) is 14.2 Å². The van der Waals surface area contributed by atoms with Crippen LogP contribution < -0.4 is 0 Å². The molecule has 1 heterocycles. The zero-order valence-corrected chi connectivity index (χ0v) is 15.8. The molecule has 1 saturated heterocycles. The summed E-state index contributed by atoms with van der Waals surface area (Å²) >= 11 is 0. The van der Waals surface area contributed by atoms with E-state index in [1.54, 1.807) is 6.08 Å². The Morgan fingerprint density at radius 3 is 2.00 bits per heavy atom. The van der Waals surface area contributed by atoms with Crippen LogP contribution in [0.1, 0.15) is 40.5 Å². The Kier molecular flexibility index (Phi) is 4.31. The van der Waals surface area contributed by atoms with Crippen molar-refractivity contribution in [2.45, 2.75) is 57.6 Å². The number of hydrogen-bond acceptors (Lipinski definition) is 6. The number of fused-ring (bicyclic) bond motifs is 1. The Balaban J connectivity index is 1.87. The number of methoxy groups -OCH3 is 2. The van der Waals surface area contributed by atoms with Crippen molar-refractivity contribution in [3.05, 3.63) is 12.2 Å². The molecule has 2 aliphatic carbocycles. The van der Waals surface area contributed by atoms with Crippen LogP contribution in [-0.2, 0) is 28.4 Å². The normalized spacial score (nSPS) is 34.0. The predicted molar refractivity (Wildman–Crippen MR) is 91.7 cm³/mol.